The molecule has 0 aliphatic carbocycles. The molecule has 2 atom stereocenters. The van der Waals surface area contributed by atoms with E-state index in [2.05, 4.69) is 17.4 Å². The normalized spacial score (nSPS) is 16.5. The maximum absolute atomic E-state index is 13.6. The molecule has 0 aromatic heterocycles. The topological polar surface area (TPSA) is 58.6 Å². The largest absolute Gasteiger partial charge is 0.457 e. The molecule has 2 amide bonds. The first kappa shape index (κ1) is 27.4. The number of halogens is 2. The highest BCUT2D eigenvalue weighted by Crippen LogP contribution is 2.30. The average molecular weight is 557 g/mol. The van der Waals surface area contributed by atoms with E-state index in [1.54, 1.807) is 47.4 Å². The van der Waals surface area contributed by atoms with Gasteiger partial charge >= 0.3 is 0 Å². The van der Waals surface area contributed by atoms with Crippen molar-refractivity contribution in [1.29, 1.82) is 0 Å². The Morgan fingerprint density at radius 2 is 1.60 bits per heavy atom. The summed E-state index contributed by atoms with van der Waals surface area (Å²) in [5, 5.41) is 3.53. The molecule has 5 nitrogen and oxygen atoms in total. The van der Waals surface area contributed by atoms with Gasteiger partial charge in [-0.2, -0.15) is 0 Å². The Bertz CT molecular complexity index is 1460. The van der Waals surface area contributed by atoms with Crippen LogP contribution in [0, 0.1) is 18.7 Å². The van der Waals surface area contributed by atoms with Crippen LogP contribution in [-0.2, 0) is 22.4 Å². The summed E-state index contributed by atoms with van der Waals surface area (Å²) in [6, 6.07) is 27.8. The predicted molar refractivity (Wildman–Crippen MR) is 155 cm³/mol. The summed E-state index contributed by atoms with van der Waals surface area (Å²) in [7, 11) is 0. The first-order valence-electron chi connectivity index (χ1n) is 13.3. The number of rotatable bonds is 8. The maximum Gasteiger partial charge on any atom is 0.247 e. The quantitative estimate of drug-likeness (QED) is 0.249. The number of carbonyl (C=O) groups excluding carboxylic acids is 2. The number of likely N-dealkylation sites (tertiary alicyclic amines) is 1. The Morgan fingerprint density at radius 1 is 0.925 bits per heavy atom. The number of hydrogen-bond donors (Lipinski definition) is 1. The van der Waals surface area contributed by atoms with Gasteiger partial charge in [0.1, 0.15) is 23.4 Å². The fourth-order valence-corrected chi connectivity index (χ4v) is 5.44. The summed E-state index contributed by atoms with van der Waals surface area (Å²) in [6.07, 6.45) is 1.50. The zero-order valence-electron chi connectivity index (χ0n) is 22.1. The third-order valence-corrected chi connectivity index (χ3v) is 7.58. The standard InChI is InChI=1S/C33H30ClFN2O3/c1-22-6-5-9-30(34)29(22)20-32(38)37-21-24(18-23-7-3-2-4-8-23)19-31(37)33(39)36-26-12-16-28(17-13-26)40-27-14-10-25(35)11-15-27/h2-17,24,31H,18-21H2,1H3,(H,36,39)/t24-,31+/m1/s1. The van der Waals surface area contributed by atoms with E-state index >= 15 is 0 Å². The van der Waals surface area contributed by atoms with E-state index in [0.29, 0.717) is 35.2 Å². The van der Waals surface area contributed by atoms with Crippen molar-refractivity contribution in [3.05, 3.63) is 125 Å². The van der Waals surface area contributed by atoms with Crippen molar-refractivity contribution in [2.24, 2.45) is 5.92 Å². The molecule has 4 aromatic rings. The van der Waals surface area contributed by atoms with Gasteiger partial charge in [0.15, 0.2) is 0 Å². The van der Waals surface area contributed by atoms with E-state index < -0.39 is 6.04 Å². The van der Waals surface area contributed by atoms with Gasteiger partial charge in [-0.3, -0.25) is 9.59 Å². The lowest BCUT2D eigenvalue weighted by molar-refractivity contribution is -0.136. The number of benzene rings is 4. The number of carbonyl (C=O) groups is 2. The summed E-state index contributed by atoms with van der Waals surface area (Å²) < 4.78 is 18.9. The Balaban J connectivity index is 1.30. The second-order valence-corrected chi connectivity index (χ2v) is 10.5. The van der Waals surface area contributed by atoms with Crippen LogP contribution in [0.25, 0.3) is 0 Å². The summed E-state index contributed by atoms with van der Waals surface area (Å²) in [5.74, 6) is 0.539. The highest BCUT2D eigenvalue weighted by atomic mass is 35.5. The highest BCUT2D eigenvalue weighted by molar-refractivity contribution is 6.31. The van der Waals surface area contributed by atoms with Crippen molar-refractivity contribution in [3.63, 3.8) is 0 Å². The zero-order valence-corrected chi connectivity index (χ0v) is 22.9. The predicted octanol–water partition coefficient (Wildman–Crippen LogP) is 7.22. The van der Waals surface area contributed by atoms with Gasteiger partial charge in [-0.15, -0.1) is 0 Å². The minimum absolute atomic E-state index is 0.116. The van der Waals surface area contributed by atoms with Gasteiger partial charge in [-0.05, 0) is 97.0 Å². The molecule has 0 saturated carbocycles. The van der Waals surface area contributed by atoms with E-state index in [1.165, 1.54) is 17.7 Å². The lowest BCUT2D eigenvalue weighted by atomic mass is 9.96. The Kier molecular flexibility index (Phi) is 8.46. The molecular formula is C33H30ClFN2O3. The van der Waals surface area contributed by atoms with Crippen molar-refractivity contribution in [3.8, 4) is 11.5 Å². The first-order chi connectivity index (χ1) is 19.4. The molecule has 204 valence electrons. The van der Waals surface area contributed by atoms with Crippen LogP contribution < -0.4 is 10.1 Å². The van der Waals surface area contributed by atoms with Gasteiger partial charge in [0.25, 0.3) is 0 Å². The van der Waals surface area contributed by atoms with Gasteiger partial charge in [-0.25, -0.2) is 4.39 Å². The molecule has 0 spiro atoms. The zero-order chi connectivity index (χ0) is 28.1. The molecule has 5 rings (SSSR count). The van der Waals surface area contributed by atoms with Gasteiger partial charge in [0.2, 0.25) is 11.8 Å². The summed E-state index contributed by atoms with van der Waals surface area (Å²) >= 11 is 6.42. The van der Waals surface area contributed by atoms with E-state index in [-0.39, 0.29) is 30.0 Å². The number of nitrogens with zero attached hydrogens (tertiary/aromatic N) is 1. The van der Waals surface area contributed by atoms with Gasteiger partial charge in [-0.1, -0.05) is 54.1 Å². The molecule has 1 aliphatic rings. The molecule has 1 fully saturated rings. The number of ether oxygens (including phenoxy) is 1. The molecule has 0 unspecified atom stereocenters. The summed E-state index contributed by atoms with van der Waals surface area (Å²) in [4.78, 5) is 28.8. The maximum atomic E-state index is 13.6. The number of nitrogens with one attached hydrogen (secondary N) is 1. The minimum Gasteiger partial charge on any atom is -0.457 e. The molecular weight excluding hydrogens is 527 g/mol. The van der Waals surface area contributed by atoms with Crippen molar-refractivity contribution in [2.75, 3.05) is 11.9 Å². The Hall–Kier alpha value is -4.16. The SMILES string of the molecule is Cc1cccc(Cl)c1CC(=O)N1C[C@H](Cc2ccccc2)C[C@H]1C(=O)Nc1ccc(Oc2ccc(F)cc2)cc1. The van der Waals surface area contributed by atoms with E-state index in [4.69, 9.17) is 16.3 Å². The Labute approximate surface area is 238 Å². The smallest absolute Gasteiger partial charge is 0.247 e. The van der Waals surface area contributed by atoms with Crippen LogP contribution >= 0.6 is 11.6 Å². The molecule has 7 heteroatoms. The molecule has 1 N–H and O–H groups in total. The van der Waals surface area contributed by atoms with Crippen LogP contribution in [-0.4, -0.2) is 29.3 Å². The third-order valence-electron chi connectivity index (χ3n) is 7.23. The molecule has 1 aliphatic heterocycles. The monoisotopic (exact) mass is 556 g/mol. The molecule has 0 bridgehead atoms. The van der Waals surface area contributed by atoms with Crippen LogP contribution in [0.4, 0.5) is 10.1 Å². The molecule has 1 saturated heterocycles. The number of anilines is 1. The highest BCUT2D eigenvalue weighted by Gasteiger charge is 2.39. The average Bonchev–Trinajstić information content (AvgIpc) is 3.38. The molecule has 4 aromatic carbocycles. The molecule has 1 heterocycles. The van der Waals surface area contributed by atoms with E-state index in [9.17, 15) is 14.0 Å². The first-order valence-corrected chi connectivity index (χ1v) is 13.7. The fraction of sp³-hybridized carbons (Fsp3) is 0.212. The van der Waals surface area contributed by atoms with Crippen molar-refractivity contribution >= 4 is 29.1 Å². The lowest BCUT2D eigenvalue weighted by Gasteiger charge is -2.24. The minimum atomic E-state index is -0.598. The summed E-state index contributed by atoms with van der Waals surface area (Å²) in [5.41, 5.74) is 3.51. The van der Waals surface area contributed by atoms with Crippen LogP contribution in [0.3, 0.4) is 0 Å². The van der Waals surface area contributed by atoms with Crippen molar-refractivity contribution in [1.82, 2.24) is 4.90 Å². The molecule has 40 heavy (non-hydrogen) atoms. The van der Waals surface area contributed by atoms with E-state index in [0.717, 1.165) is 17.5 Å². The molecule has 0 radical (unpaired) electrons. The van der Waals surface area contributed by atoms with Crippen molar-refractivity contribution in [2.45, 2.75) is 32.2 Å². The second kappa shape index (κ2) is 12.3. The van der Waals surface area contributed by atoms with Gasteiger partial charge in [0.05, 0.1) is 6.42 Å². The van der Waals surface area contributed by atoms with Crippen LogP contribution in [0.15, 0.2) is 97.1 Å². The number of hydrogen-bond acceptors (Lipinski definition) is 3. The van der Waals surface area contributed by atoms with Crippen LogP contribution in [0.1, 0.15) is 23.1 Å². The Morgan fingerprint density at radius 3 is 2.27 bits per heavy atom. The number of amides is 2. The van der Waals surface area contributed by atoms with Gasteiger partial charge < -0.3 is 15.0 Å². The van der Waals surface area contributed by atoms with Gasteiger partial charge in [0, 0.05) is 17.3 Å². The number of aryl methyl sites for hydroxylation is 1. The third kappa shape index (κ3) is 6.69. The van der Waals surface area contributed by atoms with Crippen LogP contribution in [0.5, 0.6) is 11.5 Å². The van der Waals surface area contributed by atoms with Crippen LogP contribution in [0.2, 0.25) is 5.02 Å². The lowest BCUT2D eigenvalue weighted by Crippen LogP contribution is -2.44. The summed E-state index contributed by atoms with van der Waals surface area (Å²) in [6.45, 7) is 2.43. The fourth-order valence-electron chi connectivity index (χ4n) is 5.16. The second-order valence-electron chi connectivity index (χ2n) is 10.1. The van der Waals surface area contributed by atoms with Crippen molar-refractivity contribution < 1.29 is 18.7 Å². The van der Waals surface area contributed by atoms with E-state index in [1.807, 2.05) is 37.3 Å².